The molecule has 0 fully saturated rings. The quantitative estimate of drug-likeness (QED) is 0.171. The Hall–Kier alpha value is -1.30. The SMILES string of the molecule is O=C(O)CN(CCCN(CCCCOO)CCOO)CC(=O)O. The van der Waals surface area contributed by atoms with Gasteiger partial charge in [0.15, 0.2) is 0 Å². The highest BCUT2D eigenvalue weighted by molar-refractivity contribution is 5.72. The lowest BCUT2D eigenvalue weighted by atomic mass is 10.2. The Morgan fingerprint density at radius 3 is 1.74 bits per heavy atom. The predicted octanol–water partition coefficient (Wildman–Crippen LogP) is -0.0909. The molecule has 0 aliphatic carbocycles. The van der Waals surface area contributed by atoms with E-state index >= 15 is 0 Å². The molecule has 10 nitrogen and oxygen atoms in total. The second kappa shape index (κ2) is 14.3. The predicted molar refractivity (Wildman–Crippen MR) is 79.2 cm³/mol. The molecule has 0 aliphatic heterocycles. The first-order valence-electron chi connectivity index (χ1n) is 7.40. The van der Waals surface area contributed by atoms with Crippen molar-refractivity contribution in [3.63, 3.8) is 0 Å². The second-order valence-electron chi connectivity index (χ2n) is 5.07. The van der Waals surface area contributed by atoms with E-state index in [2.05, 4.69) is 9.78 Å². The van der Waals surface area contributed by atoms with Gasteiger partial charge in [0.05, 0.1) is 26.3 Å². The summed E-state index contributed by atoms with van der Waals surface area (Å²) in [6.07, 6.45) is 2.04. The van der Waals surface area contributed by atoms with Crippen LogP contribution in [0, 0.1) is 0 Å². The van der Waals surface area contributed by atoms with Gasteiger partial charge >= 0.3 is 11.9 Å². The Bertz CT molecular complexity index is 313. The number of unbranched alkanes of at least 4 members (excludes halogenated alkanes) is 1. The van der Waals surface area contributed by atoms with E-state index < -0.39 is 11.9 Å². The van der Waals surface area contributed by atoms with Crippen molar-refractivity contribution in [1.82, 2.24) is 9.80 Å². The smallest absolute Gasteiger partial charge is 0.317 e. The molecule has 0 amide bonds. The summed E-state index contributed by atoms with van der Waals surface area (Å²) in [7, 11) is 0. The van der Waals surface area contributed by atoms with Crippen molar-refractivity contribution < 1.29 is 40.1 Å². The van der Waals surface area contributed by atoms with Crippen LogP contribution in [0.15, 0.2) is 0 Å². The molecule has 0 aromatic heterocycles. The molecule has 0 saturated carbocycles. The molecule has 0 heterocycles. The summed E-state index contributed by atoms with van der Waals surface area (Å²) in [5, 5.41) is 34.2. The van der Waals surface area contributed by atoms with Crippen LogP contribution in [-0.4, -0.2) is 94.9 Å². The van der Waals surface area contributed by atoms with Gasteiger partial charge in [0.2, 0.25) is 0 Å². The van der Waals surface area contributed by atoms with E-state index in [4.69, 9.17) is 20.7 Å². The van der Waals surface area contributed by atoms with E-state index in [0.29, 0.717) is 39.0 Å². The minimum Gasteiger partial charge on any atom is -0.480 e. The van der Waals surface area contributed by atoms with Crippen molar-refractivity contribution in [3.8, 4) is 0 Å². The first-order chi connectivity index (χ1) is 11.0. The number of carbonyl (C=O) groups is 2. The van der Waals surface area contributed by atoms with E-state index in [0.717, 1.165) is 6.42 Å². The highest BCUT2D eigenvalue weighted by Crippen LogP contribution is 2.00. The van der Waals surface area contributed by atoms with E-state index in [1.165, 1.54) is 4.90 Å². The van der Waals surface area contributed by atoms with Crippen molar-refractivity contribution in [2.24, 2.45) is 0 Å². The van der Waals surface area contributed by atoms with Gasteiger partial charge in [0.1, 0.15) is 0 Å². The van der Waals surface area contributed by atoms with Gasteiger partial charge < -0.3 is 15.1 Å². The maximum atomic E-state index is 10.7. The average molecular weight is 338 g/mol. The van der Waals surface area contributed by atoms with Gasteiger partial charge in [0.25, 0.3) is 0 Å². The van der Waals surface area contributed by atoms with Crippen LogP contribution in [0.25, 0.3) is 0 Å². The van der Waals surface area contributed by atoms with Crippen molar-refractivity contribution in [3.05, 3.63) is 0 Å². The zero-order valence-electron chi connectivity index (χ0n) is 13.1. The normalized spacial score (nSPS) is 11.3. The maximum absolute atomic E-state index is 10.7. The van der Waals surface area contributed by atoms with E-state index in [1.54, 1.807) is 0 Å². The van der Waals surface area contributed by atoms with Crippen LogP contribution in [0.4, 0.5) is 0 Å². The zero-order valence-corrected chi connectivity index (χ0v) is 13.1. The molecule has 0 bridgehead atoms. The van der Waals surface area contributed by atoms with Gasteiger partial charge in [-0.2, -0.15) is 0 Å². The second-order valence-corrected chi connectivity index (χ2v) is 5.07. The molecular weight excluding hydrogens is 312 g/mol. The third kappa shape index (κ3) is 14.0. The van der Waals surface area contributed by atoms with Crippen molar-refractivity contribution in [2.75, 3.05) is 52.5 Å². The number of hydrogen-bond donors (Lipinski definition) is 4. The number of aliphatic carboxylic acids is 2. The molecule has 0 radical (unpaired) electrons. The lowest BCUT2D eigenvalue weighted by molar-refractivity contribution is -0.245. The molecule has 0 rings (SSSR count). The summed E-state index contributed by atoms with van der Waals surface area (Å²) in [6, 6.07) is 0. The Kier molecular flexibility index (Phi) is 13.5. The number of carboxylic acid groups (broad SMARTS) is 2. The molecule has 0 spiro atoms. The third-order valence-corrected chi connectivity index (χ3v) is 3.13. The summed E-state index contributed by atoms with van der Waals surface area (Å²) in [5.74, 6) is -2.14. The molecule has 0 unspecified atom stereocenters. The summed E-state index contributed by atoms with van der Waals surface area (Å²) >= 11 is 0. The van der Waals surface area contributed by atoms with E-state index in [9.17, 15) is 9.59 Å². The highest BCUT2D eigenvalue weighted by Gasteiger charge is 2.14. The summed E-state index contributed by atoms with van der Waals surface area (Å²) in [4.78, 5) is 32.8. The van der Waals surface area contributed by atoms with Crippen LogP contribution in [0.2, 0.25) is 0 Å². The van der Waals surface area contributed by atoms with Gasteiger partial charge in [-0.1, -0.05) is 0 Å². The highest BCUT2D eigenvalue weighted by atomic mass is 17.1. The third-order valence-electron chi connectivity index (χ3n) is 3.13. The molecule has 10 heteroatoms. The van der Waals surface area contributed by atoms with Crippen molar-refractivity contribution in [2.45, 2.75) is 19.3 Å². The summed E-state index contributed by atoms with van der Waals surface area (Å²) in [6.45, 7) is 1.90. The first-order valence-corrected chi connectivity index (χ1v) is 7.40. The van der Waals surface area contributed by atoms with Gasteiger partial charge in [-0.25, -0.2) is 9.78 Å². The van der Waals surface area contributed by atoms with Gasteiger partial charge in [-0.15, -0.1) is 0 Å². The first kappa shape index (κ1) is 21.7. The molecule has 0 aliphatic rings. The standard InChI is InChI=1S/C13H26N2O8/c16-12(17)10-15(11-13(18)19)6-3-5-14(7-9-23-21)4-1-2-8-22-20/h20-21H,1-11H2,(H,16,17)(H,18,19). The van der Waals surface area contributed by atoms with Gasteiger partial charge in [-0.05, 0) is 32.4 Å². The fraction of sp³-hybridized carbons (Fsp3) is 0.846. The van der Waals surface area contributed by atoms with E-state index in [-0.39, 0.29) is 26.3 Å². The van der Waals surface area contributed by atoms with Crippen LogP contribution in [0.5, 0.6) is 0 Å². The lowest BCUT2D eigenvalue weighted by Crippen LogP contribution is -2.37. The average Bonchev–Trinajstić information content (AvgIpc) is 2.47. The van der Waals surface area contributed by atoms with Crippen molar-refractivity contribution in [1.29, 1.82) is 0 Å². The molecule has 0 saturated heterocycles. The van der Waals surface area contributed by atoms with Crippen LogP contribution in [0.3, 0.4) is 0 Å². The number of rotatable bonds is 16. The Morgan fingerprint density at radius 2 is 1.22 bits per heavy atom. The molecule has 0 atom stereocenters. The Morgan fingerprint density at radius 1 is 0.696 bits per heavy atom. The van der Waals surface area contributed by atoms with Gasteiger partial charge in [-0.3, -0.25) is 25.0 Å². The Labute approximate surface area is 134 Å². The van der Waals surface area contributed by atoms with Gasteiger partial charge in [0, 0.05) is 13.1 Å². The minimum absolute atomic E-state index is 0.143. The van der Waals surface area contributed by atoms with Crippen LogP contribution in [0.1, 0.15) is 19.3 Å². The summed E-state index contributed by atoms with van der Waals surface area (Å²) in [5.41, 5.74) is 0. The minimum atomic E-state index is -1.07. The topological polar surface area (TPSA) is 140 Å². The number of nitrogens with zero attached hydrogens (tertiary/aromatic N) is 2. The fourth-order valence-electron chi connectivity index (χ4n) is 2.12. The fourth-order valence-corrected chi connectivity index (χ4v) is 2.12. The molecule has 136 valence electrons. The van der Waals surface area contributed by atoms with Crippen LogP contribution < -0.4 is 0 Å². The molecule has 23 heavy (non-hydrogen) atoms. The molecule has 4 N–H and O–H groups in total. The summed E-state index contributed by atoms with van der Waals surface area (Å²) < 4.78 is 0. The number of hydrogen-bond acceptors (Lipinski definition) is 8. The zero-order chi connectivity index (χ0) is 17.5. The monoisotopic (exact) mass is 338 g/mol. The lowest BCUT2D eigenvalue weighted by Gasteiger charge is -2.23. The van der Waals surface area contributed by atoms with Crippen molar-refractivity contribution >= 4 is 11.9 Å². The Balaban J connectivity index is 4.16. The molecular formula is C13H26N2O8. The van der Waals surface area contributed by atoms with Crippen LogP contribution >= 0.6 is 0 Å². The van der Waals surface area contributed by atoms with Crippen LogP contribution in [-0.2, 0) is 19.4 Å². The molecule has 0 aromatic rings. The largest absolute Gasteiger partial charge is 0.480 e. The van der Waals surface area contributed by atoms with E-state index in [1.807, 2.05) is 4.90 Å². The maximum Gasteiger partial charge on any atom is 0.317 e. The molecule has 0 aromatic carbocycles. The number of carboxylic acids is 2.